The third kappa shape index (κ3) is 3.42. The van der Waals surface area contributed by atoms with Crippen molar-refractivity contribution in [2.45, 2.75) is 26.4 Å². The van der Waals surface area contributed by atoms with Crippen LogP contribution in [0.1, 0.15) is 25.5 Å². The lowest BCUT2D eigenvalue weighted by molar-refractivity contribution is 0.386. The molecule has 4 nitrogen and oxygen atoms in total. The molecule has 1 aromatic heterocycles. The molecule has 5 heteroatoms. The first kappa shape index (κ1) is 15.1. The van der Waals surface area contributed by atoms with Crippen molar-refractivity contribution in [2.75, 3.05) is 12.4 Å². The summed E-state index contributed by atoms with van der Waals surface area (Å²) < 4.78 is 20.2. The number of hydrogen-bond donors (Lipinski definition) is 1. The Morgan fingerprint density at radius 1 is 1.33 bits per heavy atom. The van der Waals surface area contributed by atoms with E-state index in [4.69, 9.17) is 4.74 Å². The van der Waals surface area contributed by atoms with Crippen LogP contribution in [0.2, 0.25) is 0 Å². The van der Waals surface area contributed by atoms with E-state index in [2.05, 4.69) is 5.32 Å². The molecule has 1 heterocycles. The summed E-state index contributed by atoms with van der Waals surface area (Å²) in [5.74, 6) is -0.160. The van der Waals surface area contributed by atoms with Crippen molar-refractivity contribution in [1.29, 1.82) is 0 Å². The number of halogens is 1. The third-order valence-corrected chi connectivity index (χ3v) is 3.38. The SMILES string of the molecule is CCn1cc(NC(C)c2ccc(OC)c(F)c2)ccc1=O. The minimum atomic E-state index is -0.387. The molecule has 2 rings (SSSR count). The van der Waals surface area contributed by atoms with Gasteiger partial charge in [0.25, 0.3) is 5.56 Å². The highest BCUT2D eigenvalue weighted by atomic mass is 19.1. The number of benzene rings is 1. The van der Waals surface area contributed by atoms with Gasteiger partial charge < -0.3 is 14.6 Å². The molecule has 0 amide bonds. The molecule has 2 aromatic rings. The first-order chi connectivity index (χ1) is 10.0. The lowest BCUT2D eigenvalue weighted by atomic mass is 10.1. The van der Waals surface area contributed by atoms with Gasteiger partial charge in [-0.05, 0) is 37.6 Å². The molecule has 1 atom stereocenters. The van der Waals surface area contributed by atoms with Gasteiger partial charge in [0.15, 0.2) is 11.6 Å². The van der Waals surface area contributed by atoms with Crippen molar-refractivity contribution < 1.29 is 9.13 Å². The highest BCUT2D eigenvalue weighted by Gasteiger charge is 2.10. The van der Waals surface area contributed by atoms with E-state index < -0.39 is 0 Å². The molecule has 1 unspecified atom stereocenters. The summed E-state index contributed by atoms with van der Waals surface area (Å²) in [4.78, 5) is 11.5. The van der Waals surface area contributed by atoms with Gasteiger partial charge in [0.2, 0.25) is 0 Å². The van der Waals surface area contributed by atoms with Gasteiger partial charge in [-0.25, -0.2) is 4.39 Å². The summed E-state index contributed by atoms with van der Waals surface area (Å²) in [5, 5.41) is 3.26. The molecule has 112 valence electrons. The second-order valence-electron chi connectivity index (χ2n) is 4.80. The van der Waals surface area contributed by atoms with Crippen molar-refractivity contribution in [1.82, 2.24) is 4.57 Å². The van der Waals surface area contributed by atoms with Gasteiger partial charge >= 0.3 is 0 Å². The number of pyridine rings is 1. The van der Waals surface area contributed by atoms with Crippen LogP contribution in [0.3, 0.4) is 0 Å². The molecule has 0 fully saturated rings. The van der Waals surface area contributed by atoms with E-state index >= 15 is 0 Å². The smallest absolute Gasteiger partial charge is 0.250 e. The molecular weight excluding hydrogens is 271 g/mol. The second-order valence-corrected chi connectivity index (χ2v) is 4.80. The molecule has 0 bridgehead atoms. The largest absolute Gasteiger partial charge is 0.494 e. The number of hydrogen-bond acceptors (Lipinski definition) is 3. The highest BCUT2D eigenvalue weighted by Crippen LogP contribution is 2.24. The van der Waals surface area contributed by atoms with Crippen LogP contribution in [0.5, 0.6) is 5.75 Å². The molecular formula is C16H19FN2O2. The summed E-state index contributed by atoms with van der Waals surface area (Å²) in [6, 6.07) is 8.03. The Morgan fingerprint density at radius 3 is 2.71 bits per heavy atom. The summed E-state index contributed by atoms with van der Waals surface area (Å²) in [6.45, 7) is 4.45. The van der Waals surface area contributed by atoms with E-state index in [1.54, 1.807) is 22.9 Å². The van der Waals surface area contributed by atoms with Gasteiger partial charge in [-0.1, -0.05) is 6.07 Å². The van der Waals surface area contributed by atoms with Crippen LogP contribution in [0.4, 0.5) is 10.1 Å². The van der Waals surface area contributed by atoms with Crippen molar-refractivity contribution in [3.63, 3.8) is 0 Å². The molecule has 1 aromatic carbocycles. The van der Waals surface area contributed by atoms with E-state index in [1.807, 2.05) is 19.9 Å². The zero-order valence-electron chi connectivity index (χ0n) is 12.4. The van der Waals surface area contributed by atoms with Gasteiger partial charge in [-0.2, -0.15) is 0 Å². The quantitative estimate of drug-likeness (QED) is 0.919. The number of rotatable bonds is 5. The van der Waals surface area contributed by atoms with Crippen LogP contribution in [0.15, 0.2) is 41.3 Å². The fourth-order valence-electron chi connectivity index (χ4n) is 2.15. The van der Waals surface area contributed by atoms with E-state index in [1.165, 1.54) is 19.2 Å². The fourth-order valence-corrected chi connectivity index (χ4v) is 2.15. The normalized spacial score (nSPS) is 12.0. The molecule has 21 heavy (non-hydrogen) atoms. The summed E-state index contributed by atoms with van der Waals surface area (Å²) in [5.41, 5.74) is 1.59. The Hall–Kier alpha value is -2.30. The standard InChI is InChI=1S/C16H19FN2O2/c1-4-19-10-13(6-8-16(19)20)18-11(2)12-5-7-15(21-3)14(17)9-12/h5-11,18H,4H2,1-3H3. The molecule has 0 spiro atoms. The topological polar surface area (TPSA) is 43.3 Å². The van der Waals surface area contributed by atoms with Crippen LogP contribution in [-0.4, -0.2) is 11.7 Å². The van der Waals surface area contributed by atoms with Crippen LogP contribution in [-0.2, 0) is 6.54 Å². The average molecular weight is 290 g/mol. The number of ether oxygens (including phenoxy) is 1. The van der Waals surface area contributed by atoms with Crippen LogP contribution < -0.4 is 15.6 Å². The maximum Gasteiger partial charge on any atom is 0.250 e. The zero-order valence-corrected chi connectivity index (χ0v) is 12.4. The predicted octanol–water partition coefficient (Wildman–Crippen LogP) is 3.19. The number of nitrogens with zero attached hydrogens (tertiary/aromatic N) is 1. The number of anilines is 1. The lowest BCUT2D eigenvalue weighted by Crippen LogP contribution is -2.18. The van der Waals surface area contributed by atoms with E-state index in [-0.39, 0.29) is 23.2 Å². The molecule has 1 N–H and O–H groups in total. The van der Waals surface area contributed by atoms with Crippen LogP contribution in [0, 0.1) is 5.82 Å². The Bertz CT molecular complexity index is 682. The van der Waals surface area contributed by atoms with Crippen molar-refractivity contribution in [2.24, 2.45) is 0 Å². The monoisotopic (exact) mass is 290 g/mol. The van der Waals surface area contributed by atoms with E-state index in [0.29, 0.717) is 6.54 Å². The molecule has 0 saturated carbocycles. The Labute approximate surface area is 123 Å². The molecule has 0 aliphatic carbocycles. The molecule has 0 aliphatic heterocycles. The number of aryl methyl sites for hydroxylation is 1. The van der Waals surface area contributed by atoms with Crippen LogP contribution >= 0.6 is 0 Å². The minimum absolute atomic E-state index is 0.0359. The van der Waals surface area contributed by atoms with E-state index in [0.717, 1.165) is 11.3 Å². The second kappa shape index (κ2) is 6.43. The molecule has 0 saturated heterocycles. The predicted molar refractivity (Wildman–Crippen MR) is 81.4 cm³/mol. The maximum atomic E-state index is 13.7. The zero-order chi connectivity index (χ0) is 15.4. The third-order valence-electron chi connectivity index (χ3n) is 3.38. The Balaban J connectivity index is 2.19. The van der Waals surface area contributed by atoms with E-state index in [9.17, 15) is 9.18 Å². The summed E-state index contributed by atoms with van der Waals surface area (Å²) in [6.07, 6.45) is 1.76. The lowest BCUT2D eigenvalue weighted by Gasteiger charge is -2.17. The fraction of sp³-hybridized carbons (Fsp3) is 0.312. The first-order valence-electron chi connectivity index (χ1n) is 6.85. The van der Waals surface area contributed by atoms with Gasteiger partial charge in [-0.3, -0.25) is 4.79 Å². The van der Waals surface area contributed by atoms with Crippen molar-refractivity contribution in [3.05, 3.63) is 58.3 Å². The number of methoxy groups -OCH3 is 1. The van der Waals surface area contributed by atoms with Crippen molar-refractivity contribution in [3.8, 4) is 5.75 Å². The maximum absolute atomic E-state index is 13.7. The summed E-state index contributed by atoms with van der Waals surface area (Å²) in [7, 11) is 1.44. The minimum Gasteiger partial charge on any atom is -0.494 e. The summed E-state index contributed by atoms with van der Waals surface area (Å²) >= 11 is 0. The van der Waals surface area contributed by atoms with Crippen LogP contribution in [0.25, 0.3) is 0 Å². The Kier molecular flexibility index (Phi) is 4.62. The number of nitrogens with one attached hydrogen (secondary N) is 1. The first-order valence-corrected chi connectivity index (χ1v) is 6.85. The van der Waals surface area contributed by atoms with Crippen molar-refractivity contribution >= 4 is 5.69 Å². The number of aromatic nitrogens is 1. The van der Waals surface area contributed by atoms with Gasteiger partial charge in [0, 0.05) is 24.8 Å². The van der Waals surface area contributed by atoms with Gasteiger partial charge in [-0.15, -0.1) is 0 Å². The molecule has 0 aliphatic rings. The van der Waals surface area contributed by atoms with Gasteiger partial charge in [0.05, 0.1) is 12.8 Å². The molecule has 0 radical (unpaired) electrons. The average Bonchev–Trinajstić information content (AvgIpc) is 2.49. The van der Waals surface area contributed by atoms with Gasteiger partial charge in [0.1, 0.15) is 0 Å². The highest BCUT2D eigenvalue weighted by molar-refractivity contribution is 5.44. The Morgan fingerprint density at radius 2 is 2.10 bits per heavy atom.